The highest BCUT2D eigenvalue weighted by Crippen LogP contribution is 1.87. The molecule has 8 heteroatoms. The average Bonchev–Trinajstić information content (AvgIpc) is 2.21. The molecule has 0 saturated heterocycles. The average molecular weight is 252 g/mol. The number of hydrogen-bond acceptors (Lipinski definition) is 5. The summed E-state index contributed by atoms with van der Waals surface area (Å²) in [5, 5.41) is 13.0. The molecule has 0 fully saturated rings. The molecule has 0 heterocycles. The van der Waals surface area contributed by atoms with Gasteiger partial charge < -0.3 is 15.7 Å². The second-order valence-corrected chi connectivity index (χ2v) is 3.26. The zero-order valence-electron chi connectivity index (χ0n) is 7.77. The molecule has 0 radical (unpaired) electrons. The largest absolute Gasteiger partial charge is 0.480 e. The van der Waals surface area contributed by atoms with Crippen LogP contribution in [0.25, 0.3) is 0 Å². The van der Waals surface area contributed by atoms with Gasteiger partial charge in [-0.2, -0.15) is 25.3 Å². The van der Waals surface area contributed by atoms with Gasteiger partial charge in [-0.05, 0) is 0 Å². The monoisotopic (exact) mass is 252 g/mol. The van der Waals surface area contributed by atoms with Crippen LogP contribution in [0.2, 0.25) is 0 Å². The Morgan fingerprint density at radius 2 is 1.80 bits per heavy atom. The molecule has 0 aliphatic rings. The Labute approximate surface area is 97.6 Å². The highest BCUT2D eigenvalue weighted by atomic mass is 32.1. The van der Waals surface area contributed by atoms with E-state index in [1.165, 1.54) is 0 Å². The second kappa shape index (κ2) is 7.41. The van der Waals surface area contributed by atoms with Crippen LogP contribution in [0.3, 0.4) is 0 Å². The third-order valence-corrected chi connectivity index (χ3v) is 2.06. The Kier molecular flexibility index (Phi) is 6.97. The van der Waals surface area contributed by atoms with E-state index < -0.39 is 23.8 Å². The van der Waals surface area contributed by atoms with Crippen LogP contribution >= 0.6 is 25.3 Å². The Bertz CT molecular complexity index is 259. The van der Waals surface area contributed by atoms with Crippen molar-refractivity contribution in [3.8, 4) is 0 Å². The van der Waals surface area contributed by atoms with Crippen molar-refractivity contribution in [3.63, 3.8) is 0 Å². The lowest BCUT2D eigenvalue weighted by Crippen LogP contribution is -2.46. The number of aliphatic carboxylic acids is 1. The van der Waals surface area contributed by atoms with Gasteiger partial charge in [-0.1, -0.05) is 0 Å². The van der Waals surface area contributed by atoms with Crippen LogP contribution in [0, 0.1) is 0 Å². The number of thiol groups is 2. The number of hydrogen-bond donors (Lipinski definition) is 5. The molecule has 0 spiro atoms. The molecular weight excluding hydrogens is 240 g/mol. The number of nitrogens with one attached hydrogen (secondary N) is 2. The van der Waals surface area contributed by atoms with Crippen molar-refractivity contribution in [3.05, 3.63) is 0 Å². The van der Waals surface area contributed by atoms with Crippen molar-refractivity contribution in [1.29, 1.82) is 0 Å². The first-order valence-corrected chi connectivity index (χ1v) is 5.28. The summed E-state index contributed by atoms with van der Waals surface area (Å²) < 4.78 is 0. The number of carboxylic acids is 1. The van der Waals surface area contributed by atoms with E-state index in [9.17, 15) is 14.4 Å². The van der Waals surface area contributed by atoms with Crippen LogP contribution in [0.15, 0.2) is 0 Å². The smallest absolute Gasteiger partial charge is 0.327 e. The second-order valence-electron chi connectivity index (χ2n) is 2.58. The zero-order valence-corrected chi connectivity index (χ0v) is 9.55. The third-order valence-electron chi connectivity index (χ3n) is 1.41. The predicted octanol–water partition coefficient (Wildman–Crippen LogP) is -1.47. The molecule has 15 heavy (non-hydrogen) atoms. The number of carbonyl (C=O) groups is 3. The molecule has 0 aromatic heterocycles. The molecule has 0 aliphatic heterocycles. The zero-order chi connectivity index (χ0) is 11.8. The van der Waals surface area contributed by atoms with Gasteiger partial charge in [0.25, 0.3) is 0 Å². The molecule has 2 amide bonds. The van der Waals surface area contributed by atoms with Gasteiger partial charge >= 0.3 is 5.97 Å². The molecule has 0 rings (SSSR count). The van der Waals surface area contributed by atoms with Crippen LogP contribution in [-0.4, -0.2) is 47.0 Å². The molecule has 0 bridgehead atoms. The first kappa shape index (κ1) is 14.1. The topological polar surface area (TPSA) is 95.5 Å². The Hall–Kier alpha value is -0.890. The van der Waals surface area contributed by atoms with Gasteiger partial charge in [-0.15, -0.1) is 0 Å². The fourth-order valence-electron chi connectivity index (χ4n) is 0.666. The number of carboxylic acid groups (broad SMARTS) is 1. The van der Waals surface area contributed by atoms with E-state index in [-0.39, 0.29) is 18.1 Å². The molecule has 1 atom stereocenters. The molecule has 0 unspecified atom stereocenters. The quantitative estimate of drug-likeness (QED) is 0.373. The lowest BCUT2D eigenvalue weighted by molar-refractivity contribution is -0.141. The minimum atomic E-state index is -1.17. The van der Waals surface area contributed by atoms with E-state index in [0.717, 1.165) is 0 Å². The molecule has 3 N–H and O–H groups in total. The van der Waals surface area contributed by atoms with Crippen molar-refractivity contribution in [2.45, 2.75) is 6.04 Å². The van der Waals surface area contributed by atoms with E-state index in [0.29, 0.717) is 0 Å². The van der Waals surface area contributed by atoms with Crippen molar-refractivity contribution >= 4 is 43.0 Å². The maximum atomic E-state index is 11.1. The van der Waals surface area contributed by atoms with Crippen molar-refractivity contribution in [1.82, 2.24) is 10.6 Å². The van der Waals surface area contributed by atoms with Gasteiger partial charge in [-0.25, -0.2) is 4.79 Å². The van der Waals surface area contributed by atoms with Gasteiger partial charge in [0, 0.05) is 5.75 Å². The summed E-state index contributed by atoms with van der Waals surface area (Å²) in [6.07, 6.45) is 0. The maximum Gasteiger partial charge on any atom is 0.327 e. The standard InChI is InChI=1S/C7H12N2O4S2/c10-5(1-8-6(11)3-15)9-4(2-14)7(12)13/h4,14-15H,1-3H2,(H,8,11)(H,9,10)(H,12,13)/t4-/m0/s1. The lowest BCUT2D eigenvalue weighted by Gasteiger charge is -2.11. The summed E-state index contributed by atoms with van der Waals surface area (Å²) in [5.41, 5.74) is 0. The first-order chi connectivity index (χ1) is 7.01. The Morgan fingerprint density at radius 1 is 1.20 bits per heavy atom. The number of carbonyl (C=O) groups excluding carboxylic acids is 2. The molecular formula is C7H12N2O4S2. The highest BCUT2D eigenvalue weighted by molar-refractivity contribution is 7.81. The fraction of sp³-hybridized carbons (Fsp3) is 0.571. The molecule has 0 aromatic carbocycles. The van der Waals surface area contributed by atoms with Crippen molar-refractivity contribution < 1.29 is 19.5 Å². The summed E-state index contributed by atoms with van der Waals surface area (Å²) in [7, 11) is 0. The van der Waals surface area contributed by atoms with Gasteiger partial charge in [0.1, 0.15) is 6.04 Å². The molecule has 0 aromatic rings. The SMILES string of the molecule is O=C(CS)NCC(=O)N[C@@H](CS)C(=O)O. The van der Waals surface area contributed by atoms with Gasteiger partial charge in [0.15, 0.2) is 0 Å². The minimum Gasteiger partial charge on any atom is -0.480 e. The summed E-state index contributed by atoms with van der Waals surface area (Å²) in [4.78, 5) is 32.3. The van der Waals surface area contributed by atoms with E-state index >= 15 is 0 Å². The fourth-order valence-corrected chi connectivity index (χ4v) is 1.02. The van der Waals surface area contributed by atoms with E-state index in [4.69, 9.17) is 5.11 Å². The third kappa shape index (κ3) is 6.24. The summed E-state index contributed by atoms with van der Waals surface area (Å²) in [6.45, 7) is -0.267. The van der Waals surface area contributed by atoms with Crippen LogP contribution in [-0.2, 0) is 14.4 Å². The molecule has 86 valence electrons. The normalized spacial score (nSPS) is 11.6. The van der Waals surface area contributed by atoms with Crippen molar-refractivity contribution in [2.24, 2.45) is 0 Å². The van der Waals surface area contributed by atoms with Crippen molar-refractivity contribution in [2.75, 3.05) is 18.1 Å². The van der Waals surface area contributed by atoms with Crippen LogP contribution in [0.1, 0.15) is 0 Å². The minimum absolute atomic E-state index is 0.0123. The van der Waals surface area contributed by atoms with Gasteiger partial charge in [-0.3, -0.25) is 9.59 Å². The van der Waals surface area contributed by atoms with Crippen LogP contribution < -0.4 is 10.6 Å². The summed E-state index contributed by atoms with van der Waals surface area (Å²) in [6, 6.07) is -1.05. The first-order valence-electron chi connectivity index (χ1n) is 4.01. The van der Waals surface area contributed by atoms with Crippen LogP contribution in [0.4, 0.5) is 0 Å². The van der Waals surface area contributed by atoms with E-state index in [1.54, 1.807) is 0 Å². The molecule has 0 aliphatic carbocycles. The van der Waals surface area contributed by atoms with Gasteiger partial charge in [0.2, 0.25) is 11.8 Å². The van der Waals surface area contributed by atoms with Crippen LogP contribution in [0.5, 0.6) is 0 Å². The molecule has 6 nitrogen and oxygen atoms in total. The maximum absolute atomic E-state index is 11.1. The lowest BCUT2D eigenvalue weighted by atomic mass is 10.3. The van der Waals surface area contributed by atoms with E-state index in [2.05, 4.69) is 35.9 Å². The summed E-state index contributed by atoms with van der Waals surface area (Å²) in [5.74, 6) is -2.18. The number of amides is 2. The molecule has 0 saturated carbocycles. The highest BCUT2D eigenvalue weighted by Gasteiger charge is 2.17. The predicted molar refractivity (Wildman–Crippen MR) is 60.3 cm³/mol. The Morgan fingerprint density at radius 3 is 2.20 bits per heavy atom. The van der Waals surface area contributed by atoms with Gasteiger partial charge in [0.05, 0.1) is 12.3 Å². The number of rotatable bonds is 6. The summed E-state index contributed by atoms with van der Waals surface area (Å²) >= 11 is 7.45. The Balaban J connectivity index is 3.91. The van der Waals surface area contributed by atoms with E-state index in [1.807, 2.05) is 0 Å².